The summed E-state index contributed by atoms with van der Waals surface area (Å²) in [4.78, 5) is 2.31. The Kier molecular flexibility index (Phi) is 2.10. The molecule has 3 nitrogen and oxygen atoms in total. The average molecular weight is 169 g/mol. The minimum Gasteiger partial charge on any atom is -0.316 e. The van der Waals surface area contributed by atoms with E-state index in [-0.39, 0.29) is 0 Å². The smallest absolute Gasteiger partial charge is 0.0132 e. The van der Waals surface area contributed by atoms with E-state index in [2.05, 4.69) is 29.6 Å². The maximum atomic E-state index is 3.50. The van der Waals surface area contributed by atoms with Crippen molar-refractivity contribution in [1.29, 1.82) is 0 Å². The van der Waals surface area contributed by atoms with Crippen LogP contribution in [0.15, 0.2) is 0 Å². The van der Waals surface area contributed by atoms with E-state index >= 15 is 0 Å². The van der Waals surface area contributed by atoms with Crippen LogP contribution in [0.4, 0.5) is 0 Å². The van der Waals surface area contributed by atoms with E-state index < -0.39 is 0 Å². The zero-order valence-electron chi connectivity index (χ0n) is 8.06. The molecule has 2 aliphatic heterocycles. The van der Waals surface area contributed by atoms with Crippen LogP contribution >= 0.6 is 0 Å². The maximum Gasteiger partial charge on any atom is 0.0132 e. The molecule has 0 amide bonds. The molecular weight excluding hydrogens is 150 g/mol. The monoisotopic (exact) mass is 169 g/mol. The van der Waals surface area contributed by atoms with Crippen molar-refractivity contribution < 1.29 is 0 Å². The number of nitrogens with one attached hydrogen (secondary N) is 2. The third-order valence-electron chi connectivity index (χ3n) is 3.23. The fraction of sp³-hybridized carbons (Fsp3) is 1.00. The molecule has 0 aromatic heterocycles. The molecule has 0 atom stereocenters. The lowest BCUT2D eigenvalue weighted by molar-refractivity contribution is 0.203. The van der Waals surface area contributed by atoms with Crippen molar-refractivity contribution in [2.75, 3.05) is 46.8 Å². The predicted molar refractivity (Wildman–Crippen MR) is 50.2 cm³/mol. The highest BCUT2D eigenvalue weighted by molar-refractivity contribution is 5.02. The molecule has 0 aromatic carbocycles. The topological polar surface area (TPSA) is 27.3 Å². The lowest BCUT2D eigenvalue weighted by Crippen LogP contribution is -2.40. The summed E-state index contributed by atoms with van der Waals surface area (Å²) in [6.07, 6.45) is 0. The van der Waals surface area contributed by atoms with Crippen LogP contribution in [0.1, 0.15) is 0 Å². The first-order chi connectivity index (χ1) is 5.73. The van der Waals surface area contributed by atoms with Gasteiger partial charge in [-0.25, -0.2) is 0 Å². The van der Waals surface area contributed by atoms with Gasteiger partial charge in [-0.05, 0) is 33.1 Å². The van der Waals surface area contributed by atoms with E-state index in [0.717, 1.165) is 5.92 Å². The summed E-state index contributed by atoms with van der Waals surface area (Å²) in [7, 11) is 4.34. The SMILES string of the molecule is CN(C)CC12CNCC1CNC2. The second-order valence-electron chi connectivity index (χ2n) is 4.56. The summed E-state index contributed by atoms with van der Waals surface area (Å²) >= 11 is 0. The predicted octanol–water partition coefficient (Wildman–Crippen LogP) is -0.643. The summed E-state index contributed by atoms with van der Waals surface area (Å²) in [6, 6.07) is 0. The van der Waals surface area contributed by atoms with Crippen molar-refractivity contribution in [2.45, 2.75) is 0 Å². The molecule has 2 N–H and O–H groups in total. The lowest BCUT2D eigenvalue weighted by Gasteiger charge is -2.30. The van der Waals surface area contributed by atoms with Gasteiger partial charge in [-0.3, -0.25) is 0 Å². The minimum absolute atomic E-state index is 0.531. The van der Waals surface area contributed by atoms with Gasteiger partial charge in [-0.2, -0.15) is 0 Å². The second kappa shape index (κ2) is 2.98. The van der Waals surface area contributed by atoms with Crippen LogP contribution in [0.2, 0.25) is 0 Å². The van der Waals surface area contributed by atoms with E-state index in [0.29, 0.717) is 5.41 Å². The molecule has 2 heterocycles. The van der Waals surface area contributed by atoms with Gasteiger partial charge in [0.25, 0.3) is 0 Å². The summed E-state index contributed by atoms with van der Waals surface area (Å²) in [5.74, 6) is 0.861. The van der Waals surface area contributed by atoms with E-state index in [1.54, 1.807) is 0 Å². The van der Waals surface area contributed by atoms with Gasteiger partial charge in [0.2, 0.25) is 0 Å². The highest BCUT2D eigenvalue weighted by atomic mass is 15.1. The van der Waals surface area contributed by atoms with E-state index in [1.165, 1.54) is 32.7 Å². The summed E-state index contributed by atoms with van der Waals surface area (Å²) in [5, 5.41) is 7.01. The Labute approximate surface area is 74.5 Å². The van der Waals surface area contributed by atoms with Crippen molar-refractivity contribution in [3.05, 3.63) is 0 Å². The summed E-state index contributed by atoms with van der Waals surface area (Å²) < 4.78 is 0. The van der Waals surface area contributed by atoms with Gasteiger partial charge in [0.1, 0.15) is 0 Å². The molecule has 0 saturated carbocycles. The molecule has 0 radical (unpaired) electrons. The molecule has 2 saturated heterocycles. The molecule has 0 aromatic rings. The van der Waals surface area contributed by atoms with Crippen molar-refractivity contribution in [1.82, 2.24) is 15.5 Å². The first-order valence-electron chi connectivity index (χ1n) is 4.79. The molecule has 2 rings (SSSR count). The Bertz CT molecular complexity index is 157. The molecule has 2 aliphatic rings. The van der Waals surface area contributed by atoms with Crippen LogP contribution in [0.5, 0.6) is 0 Å². The van der Waals surface area contributed by atoms with E-state index in [4.69, 9.17) is 0 Å². The number of hydrogen-bond donors (Lipinski definition) is 2. The molecule has 12 heavy (non-hydrogen) atoms. The quantitative estimate of drug-likeness (QED) is 0.575. The molecule has 70 valence electrons. The molecule has 0 unspecified atom stereocenters. The van der Waals surface area contributed by atoms with Gasteiger partial charge < -0.3 is 15.5 Å². The van der Waals surface area contributed by atoms with Gasteiger partial charge in [0, 0.05) is 25.0 Å². The zero-order valence-corrected chi connectivity index (χ0v) is 8.06. The van der Waals surface area contributed by atoms with Crippen LogP contribution in [-0.2, 0) is 0 Å². The molecule has 0 aliphatic carbocycles. The summed E-state index contributed by atoms with van der Waals surface area (Å²) in [5.41, 5.74) is 0.531. The number of rotatable bonds is 2. The van der Waals surface area contributed by atoms with Gasteiger partial charge in [0.05, 0.1) is 0 Å². The standard InChI is InChI=1S/C9H19N3/c1-12(2)7-9-5-10-3-8(9)4-11-6-9/h8,10-11H,3-7H2,1-2H3. The number of hydrogen-bond acceptors (Lipinski definition) is 3. The van der Waals surface area contributed by atoms with Gasteiger partial charge >= 0.3 is 0 Å². The summed E-state index contributed by atoms with van der Waals surface area (Å²) in [6.45, 7) is 6.03. The fourth-order valence-corrected chi connectivity index (χ4v) is 2.72. The lowest BCUT2D eigenvalue weighted by atomic mass is 9.81. The van der Waals surface area contributed by atoms with Crippen LogP contribution < -0.4 is 10.6 Å². The van der Waals surface area contributed by atoms with Crippen molar-refractivity contribution in [2.24, 2.45) is 11.3 Å². The van der Waals surface area contributed by atoms with Crippen LogP contribution in [0.3, 0.4) is 0 Å². The van der Waals surface area contributed by atoms with Crippen LogP contribution in [0.25, 0.3) is 0 Å². The number of fused-ring (bicyclic) bond motifs is 1. The normalized spacial score (nSPS) is 40.8. The first kappa shape index (κ1) is 8.48. The highest BCUT2D eigenvalue weighted by Gasteiger charge is 2.46. The van der Waals surface area contributed by atoms with E-state index in [1.807, 2.05) is 0 Å². The molecule has 2 fully saturated rings. The average Bonchev–Trinajstić information content (AvgIpc) is 2.42. The van der Waals surface area contributed by atoms with Crippen molar-refractivity contribution in [3.8, 4) is 0 Å². The first-order valence-corrected chi connectivity index (χ1v) is 4.79. The van der Waals surface area contributed by atoms with Gasteiger partial charge in [-0.15, -0.1) is 0 Å². The minimum atomic E-state index is 0.531. The largest absolute Gasteiger partial charge is 0.316 e. The third-order valence-corrected chi connectivity index (χ3v) is 3.23. The molecule has 0 bridgehead atoms. The Morgan fingerprint density at radius 2 is 1.83 bits per heavy atom. The van der Waals surface area contributed by atoms with Gasteiger partial charge in [-0.1, -0.05) is 0 Å². The maximum absolute atomic E-state index is 3.50. The molecule has 3 heteroatoms. The van der Waals surface area contributed by atoms with Crippen LogP contribution in [0, 0.1) is 11.3 Å². The van der Waals surface area contributed by atoms with E-state index in [9.17, 15) is 0 Å². The fourth-order valence-electron chi connectivity index (χ4n) is 2.72. The second-order valence-corrected chi connectivity index (χ2v) is 4.56. The van der Waals surface area contributed by atoms with Crippen LogP contribution in [-0.4, -0.2) is 51.7 Å². The Morgan fingerprint density at radius 3 is 2.33 bits per heavy atom. The molecular formula is C9H19N3. The third kappa shape index (κ3) is 1.26. The van der Waals surface area contributed by atoms with Crippen molar-refractivity contribution in [3.63, 3.8) is 0 Å². The Morgan fingerprint density at radius 1 is 1.25 bits per heavy atom. The Balaban J connectivity index is 2.06. The van der Waals surface area contributed by atoms with Crippen molar-refractivity contribution >= 4 is 0 Å². The van der Waals surface area contributed by atoms with Gasteiger partial charge in [0.15, 0.2) is 0 Å². The Hall–Kier alpha value is -0.120. The zero-order chi connectivity index (χ0) is 8.60. The number of nitrogens with zero attached hydrogens (tertiary/aromatic N) is 1. The molecule has 0 spiro atoms. The highest BCUT2D eigenvalue weighted by Crippen LogP contribution is 2.34.